The molecule has 1 aromatic heterocycles. The topological polar surface area (TPSA) is 51.0 Å². The third kappa shape index (κ3) is 2.10. The second-order valence-electron chi connectivity index (χ2n) is 5.51. The molecule has 3 rings (SSSR count). The number of hydrogen-bond acceptors (Lipinski definition) is 4. The Hall–Kier alpha value is -0.900. The SMILES string of the molecule is CCNC1CCCC1c1nc(C2CC2C)no1. The molecule has 4 nitrogen and oxygen atoms in total. The van der Waals surface area contributed by atoms with Gasteiger partial charge in [-0.2, -0.15) is 4.98 Å². The minimum atomic E-state index is 0.435. The summed E-state index contributed by atoms with van der Waals surface area (Å²) in [6.07, 6.45) is 4.90. The minimum Gasteiger partial charge on any atom is -0.339 e. The van der Waals surface area contributed by atoms with Crippen molar-refractivity contribution in [1.82, 2.24) is 15.5 Å². The highest BCUT2D eigenvalue weighted by Gasteiger charge is 2.39. The van der Waals surface area contributed by atoms with Gasteiger partial charge in [-0.15, -0.1) is 0 Å². The van der Waals surface area contributed by atoms with Crippen LogP contribution in [0.5, 0.6) is 0 Å². The Labute approximate surface area is 102 Å². The normalized spacial score (nSPS) is 36.4. The first-order valence-electron chi connectivity index (χ1n) is 6.86. The average molecular weight is 235 g/mol. The van der Waals surface area contributed by atoms with Crippen molar-refractivity contribution in [2.75, 3.05) is 6.54 Å². The number of aromatic nitrogens is 2. The van der Waals surface area contributed by atoms with Crippen LogP contribution in [0.4, 0.5) is 0 Å². The van der Waals surface area contributed by atoms with E-state index in [1.54, 1.807) is 0 Å². The van der Waals surface area contributed by atoms with E-state index in [0.29, 0.717) is 17.9 Å². The second-order valence-corrected chi connectivity index (χ2v) is 5.51. The Bertz CT molecular complexity index is 390. The summed E-state index contributed by atoms with van der Waals surface area (Å²) in [6.45, 7) is 5.42. The van der Waals surface area contributed by atoms with Crippen LogP contribution in [-0.4, -0.2) is 22.7 Å². The van der Waals surface area contributed by atoms with Gasteiger partial charge in [-0.05, 0) is 31.7 Å². The fourth-order valence-corrected chi connectivity index (χ4v) is 2.99. The van der Waals surface area contributed by atoms with Gasteiger partial charge in [0.25, 0.3) is 0 Å². The van der Waals surface area contributed by atoms with Crippen LogP contribution >= 0.6 is 0 Å². The Kier molecular flexibility index (Phi) is 2.90. The molecular formula is C13H21N3O. The number of hydrogen-bond donors (Lipinski definition) is 1. The van der Waals surface area contributed by atoms with Crippen molar-refractivity contribution >= 4 is 0 Å². The zero-order valence-electron chi connectivity index (χ0n) is 10.6. The first-order chi connectivity index (χ1) is 8.29. The van der Waals surface area contributed by atoms with Crippen molar-refractivity contribution in [3.8, 4) is 0 Å². The van der Waals surface area contributed by atoms with Crippen molar-refractivity contribution in [1.29, 1.82) is 0 Å². The van der Waals surface area contributed by atoms with Crippen LogP contribution in [0.2, 0.25) is 0 Å². The molecule has 0 saturated heterocycles. The maximum absolute atomic E-state index is 5.47. The van der Waals surface area contributed by atoms with Gasteiger partial charge in [-0.25, -0.2) is 0 Å². The van der Waals surface area contributed by atoms with Crippen molar-refractivity contribution in [2.24, 2.45) is 5.92 Å². The lowest BCUT2D eigenvalue weighted by Gasteiger charge is -2.16. The molecule has 2 aliphatic rings. The van der Waals surface area contributed by atoms with E-state index in [4.69, 9.17) is 4.52 Å². The van der Waals surface area contributed by atoms with Gasteiger partial charge in [0.2, 0.25) is 5.89 Å². The summed E-state index contributed by atoms with van der Waals surface area (Å²) >= 11 is 0. The molecule has 2 aliphatic carbocycles. The highest BCUT2D eigenvalue weighted by molar-refractivity contribution is 5.10. The zero-order valence-corrected chi connectivity index (χ0v) is 10.6. The van der Waals surface area contributed by atoms with Crippen LogP contribution < -0.4 is 5.32 Å². The van der Waals surface area contributed by atoms with Crippen molar-refractivity contribution in [3.63, 3.8) is 0 Å². The van der Waals surface area contributed by atoms with E-state index in [2.05, 4.69) is 29.3 Å². The summed E-state index contributed by atoms with van der Waals surface area (Å²) in [5.74, 6) is 3.54. The Morgan fingerprint density at radius 1 is 1.35 bits per heavy atom. The third-order valence-electron chi connectivity index (χ3n) is 4.20. The number of nitrogens with zero attached hydrogens (tertiary/aromatic N) is 2. The predicted octanol–water partition coefficient (Wildman–Crippen LogP) is 2.44. The van der Waals surface area contributed by atoms with Crippen molar-refractivity contribution in [2.45, 2.75) is 57.4 Å². The van der Waals surface area contributed by atoms with Crippen molar-refractivity contribution < 1.29 is 4.52 Å². The van der Waals surface area contributed by atoms with Gasteiger partial charge in [0.15, 0.2) is 5.82 Å². The lowest BCUT2D eigenvalue weighted by atomic mass is 10.0. The fraction of sp³-hybridized carbons (Fsp3) is 0.846. The number of rotatable bonds is 4. The van der Waals surface area contributed by atoms with Crippen LogP contribution in [-0.2, 0) is 0 Å². The van der Waals surface area contributed by atoms with E-state index < -0.39 is 0 Å². The minimum absolute atomic E-state index is 0.435. The quantitative estimate of drug-likeness (QED) is 0.871. The van der Waals surface area contributed by atoms with Crippen LogP contribution in [0.3, 0.4) is 0 Å². The number of likely N-dealkylation sites (N-methyl/N-ethyl adjacent to an activating group) is 1. The molecule has 0 aliphatic heterocycles. The Balaban J connectivity index is 1.72. The molecule has 4 unspecified atom stereocenters. The summed E-state index contributed by atoms with van der Waals surface area (Å²) in [6, 6.07) is 0.532. The molecule has 1 N–H and O–H groups in total. The van der Waals surface area contributed by atoms with Crippen molar-refractivity contribution in [3.05, 3.63) is 11.7 Å². The van der Waals surface area contributed by atoms with E-state index in [-0.39, 0.29) is 0 Å². The monoisotopic (exact) mass is 235 g/mol. The van der Waals surface area contributed by atoms with Crippen LogP contribution in [0, 0.1) is 5.92 Å². The van der Waals surface area contributed by atoms with Gasteiger partial charge in [-0.1, -0.05) is 25.4 Å². The van der Waals surface area contributed by atoms with Gasteiger partial charge in [0.1, 0.15) is 0 Å². The van der Waals surface area contributed by atoms with E-state index >= 15 is 0 Å². The predicted molar refractivity (Wildman–Crippen MR) is 64.9 cm³/mol. The van der Waals surface area contributed by atoms with Crippen LogP contribution in [0.15, 0.2) is 4.52 Å². The average Bonchev–Trinajstić information content (AvgIpc) is 2.77. The van der Waals surface area contributed by atoms with E-state index in [0.717, 1.165) is 24.2 Å². The van der Waals surface area contributed by atoms with E-state index in [1.165, 1.54) is 25.7 Å². The molecule has 0 amide bonds. The number of nitrogens with one attached hydrogen (secondary N) is 1. The smallest absolute Gasteiger partial charge is 0.231 e. The molecule has 2 saturated carbocycles. The highest BCUT2D eigenvalue weighted by Crippen LogP contribution is 2.46. The fourth-order valence-electron chi connectivity index (χ4n) is 2.99. The van der Waals surface area contributed by atoms with E-state index in [1.807, 2.05) is 0 Å². The maximum atomic E-state index is 5.47. The Morgan fingerprint density at radius 2 is 2.18 bits per heavy atom. The second kappa shape index (κ2) is 4.41. The lowest BCUT2D eigenvalue weighted by molar-refractivity contribution is 0.329. The van der Waals surface area contributed by atoms with E-state index in [9.17, 15) is 0 Å². The first kappa shape index (κ1) is 11.2. The Morgan fingerprint density at radius 3 is 2.88 bits per heavy atom. The van der Waals surface area contributed by atoms with Gasteiger partial charge in [0.05, 0.1) is 5.92 Å². The van der Waals surface area contributed by atoms with Gasteiger partial charge < -0.3 is 9.84 Å². The highest BCUT2D eigenvalue weighted by atomic mass is 16.5. The summed E-state index contributed by atoms with van der Waals surface area (Å²) < 4.78 is 5.47. The summed E-state index contributed by atoms with van der Waals surface area (Å²) in [4.78, 5) is 4.62. The molecule has 17 heavy (non-hydrogen) atoms. The molecule has 0 bridgehead atoms. The van der Waals surface area contributed by atoms with Crippen LogP contribution in [0.25, 0.3) is 0 Å². The molecule has 0 radical (unpaired) electrons. The summed E-state index contributed by atoms with van der Waals surface area (Å²) in [5, 5.41) is 7.68. The zero-order chi connectivity index (χ0) is 11.8. The summed E-state index contributed by atoms with van der Waals surface area (Å²) in [5.41, 5.74) is 0. The first-order valence-corrected chi connectivity index (χ1v) is 6.86. The molecule has 1 heterocycles. The summed E-state index contributed by atoms with van der Waals surface area (Å²) in [7, 11) is 0. The standard InChI is InChI=1S/C13H21N3O/c1-3-14-11-6-4-5-9(11)13-15-12(16-17-13)10-7-8(10)2/h8-11,14H,3-7H2,1-2H3. The molecule has 0 spiro atoms. The third-order valence-corrected chi connectivity index (χ3v) is 4.20. The molecule has 2 fully saturated rings. The van der Waals surface area contributed by atoms with Gasteiger partial charge in [0, 0.05) is 12.0 Å². The molecule has 1 aromatic rings. The largest absolute Gasteiger partial charge is 0.339 e. The molecule has 4 heteroatoms. The molecule has 0 aromatic carbocycles. The maximum Gasteiger partial charge on any atom is 0.231 e. The molecule has 94 valence electrons. The lowest BCUT2D eigenvalue weighted by Crippen LogP contribution is -2.31. The van der Waals surface area contributed by atoms with Gasteiger partial charge >= 0.3 is 0 Å². The van der Waals surface area contributed by atoms with Gasteiger partial charge in [-0.3, -0.25) is 0 Å². The molecular weight excluding hydrogens is 214 g/mol. The van der Waals surface area contributed by atoms with Crippen LogP contribution in [0.1, 0.15) is 63.1 Å². The molecule has 4 atom stereocenters.